The second-order valence-electron chi connectivity index (χ2n) is 5.42. The van der Waals surface area contributed by atoms with Gasteiger partial charge < -0.3 is 14.1 Å². The number of hydrogen-bond donors (Lipinski definition) is 2. The van der Waals surface area contributed by atoms with E-state index in [1.807, 2.05) is 51.1 Å². The van der Waals surface area contributed by atoms with Gasteiger partial charge in [-0.25, -0.2) is 0 Å². The van der Waals surface area contributed by atoms with Crippen molar-refractivity contribution in [3.8, 4) is 0 Å². The van der Waals surface area contributed by atoms with Crippen molar-refractivity contribution in [2.45, 2.75) is 31.6 Å². The molecule has 1 aromatic carbocycles. The van der Waals surface area contributed by atoms with Crippen molar-refractivity contribution in [3.05, 3.63) is 36.1 Å². The van der Waals surface area contributed by atoms with Gasteiger partial charge in [-0.05, 0) is 32.9 Å². The number of fused-ring (bicyclic) bond motifs is 1. The van der Waals surface area contributed by atoms with E-state index in [1.54, 1.807) is 0 Å². The van der Waals surface area contributed by atoms with E-state index < -0.39 is 17.4 Å². The largest absolute Gasteiger partial charge is 0.598 e. The third-order valence-corrected chi connectivity index (χ3v) is 4.39. The molecule has 0 aliphatic rings. The second-order valence-corrected chi connectivity index (χ2v) is 7.42. The van der Waals surface area contributed by atoms with Gasteiger partial charge >= 0.3 is 0 Å². The van der Waals surface area contributed by atoms with Crippen LogP contribution >= 0.6 is 0 Å². The Kier molecular flexibility index (Phi) is 4.20. The topological polar surface area (TPSA) is 68.5 Å². The molecule has 0 unspecified atom stereocenters. The third kappa shape index (κ3) is 3.30. The fourth-order valence-electron chi connectivity index (χ4n) is 1.67. The summed E-state index contributed by atoms with van der Waals surface area (Å²) in [5, 5.41) is 10.4. The highest BCUT2D eigenvalue weighted by Gasteiger charge is 2.30. The van der Waals surface area contributed by atoms with Crippen LogP contribution in [0.3, 0.4) is 0 Å². The smallest absolute Gasteiger partial charge is 0.136 e. The number of aliphatic hydroxyl groups is 1. The van der Waals surface area contributed by atoms with Crippen molar-refractivity contribution in [1.82, 2.24) is 4.72 Å². The molecule has 0 aliphatic heterocycles. The van der Waals surface area contributed by atoms with Crippen LogP contribution in [0, 0.1) is 0 Å². The quantitative estimate of drug-likeness (QED) is 0.845. The predicted octanol–water partition coefficient (Wildman–Crippen LogP) is 2.52. The molecule has 0 spiro atoms. The predicted molar refractivity (Wildman–Crippen MR) is 77.1 cm³/mol. The molecule has 2 rings (SSSR count). The number of nitrogens with one attached hydrogen (secondary N) is 1. The SMILES string of the molecule is CC(C)(C)[S@+]([O-])N[C@H](CO)c1cc2ccccc2o1. The third-order valence-electron chi connectivity index (χ3n) is 2.78. The minimum Gasteiger partial charge on any atom is -0.598 e. The monoisotopic (exact) mass is 281 g/mol. The number of hydrogen-bond acceptors (Lipinski definition) is 4. The van der Waals surface area contributed by atoms with Crippen LogP contribution in [0.5, 0.6) is 0 Å². The van der Waals surface area contributed by atoms with Gasteiger partial charge in [0.25, 0.3) is 0 Å². The summed E-state index contributed by atoms with van der Waals surface area (Å²) in [5.41, 5.74) is 0.763. The summed E-state index contributed by atoms with van der Waals surface area (Å²) in [4.78, 5) is 0. The Morgan fingerprint density at radius 2 is 2.05 bits per heavy atom. The molecule has 0 saturated heterocycles. The van der Waals surface area contributed by atoms with Crippen molar-refractivity contribution >= 4 is 22.3 Å². The van der Waals surface area contributed by atoms with Gasteiger partial charge in [-0.1, -0.05) is 18.2 Å². The van der Waals surface area contributed by atoms with Crippen molar-refractivity contribution in [2.24, 2.45) is 0 Å². The second kappa shape index (κ2) is 5.54. The highest BCUT2D eigenvalue weighted by molar-refractivity contribution is 7.90. The highest BCUT2D eigenvalue weighted by atomic mass is 32.2. The van der Waals surface area contributed by atoms with Gasteiger partial charge in [0.15, 0.2) is 0 Å². The number of para-hydroxylation sites is 1. The Hall–Kier alpha value is -1.01. The van der Waals surface area contributed by atoms with Crippen molar-refractivity contribution in [1.29, 1.82) is 0 Å². The molecule has 2 aromatic rings. The zero-order valence-corrected chi connectivity index (χ0v) is 12.2. The van der Waals surface area contributed by atoms with E-state index in [9.17, 15) is 9.66 Å². The molecule has 104 valence electrons. The molecule has 2 atom stereocenters. The van der Waals surface area contributed by atoms with Crippen molar-refractivity contribution in [2.75, 3.05) is 6.61 Å². The lowest BCUT2D eigenvalue weighted by atomic mass is 10.2. The van der Waals surface area contributed by atoms with Crippen LogP contribution in [-0.2, 0) is 11.4 Å². The van der Waals surface area contributed by atoms with Crippen LogP contribution in [0.25, 0.3) is 11.0 Å². The van der Waals surface area contributed by atoms with Crippen LogP contribution in [0.4, 0.5) is 0 Å². The van der Waals surface area contributed by atoms with Gasteiger partial charge in [0, 0.05) is 16.7 Å². The summed E-state index contributed by atoms with van der Waals surface area (Å²) in [6, 6.07) is 9.03. The van der Waals surface area contributed by atoms with Crippen LogP contribution in [0.15, 0.2) is 34.7 Å². The maximum Gasteiger partial charge on any atom is 0.136 e. The lowest BCUT2D eigenvalue weighted by Crippen LogP contribution is -2.42. The van der Waals surface area contributed by atoms with Crippen molar-refractivity contribution in [3.63, 3.8) is 0 Å². The zero-order chi connectivity index (χ0) is 14.0. The average Bonchev–Trinajstić information content (AvgIpc) is 2.77. The molecule has 2 N–H and O–H groups in total. The van der Waals surface area contributed by atoms with Crippen molar-refractivity contribution < 1.29 is 14.1 Å². The first-order chi connectivity index (χ1) is 8.91. The minimum absolute atomic E-state index is 0.165. The van der Waals surface area contributed by atoms with Gasteiger partial charge in [-0.2, -0.15) is 0 Å². The molecule has 0 aliphatic carbocycles. The summed E-state index contributed by atoms with van der Waals surface area (Å²) in [6.45, 7) is 5.47. The number of benzene rings is 1. The van der Waals surface area contributed by atoms with Gasteiger partial charge in [0.1, 0.15) is 22.1 Å². The standard InChI is InChI=1S/C14H19NO3S/c1-14(2,3)19(17)15-11(9-16)13-8-10-6-4-5-7-12(10)18-13/h4-8,11,15-16H,9H2,1-3H3/t11-,19+/m1/s1. The van der Waals surface area contributed by atoms with Crippen LogP contribution in [0.1, 0.15) is 32.6 Å². The lowest BCUT2D eigenvalue weighted by Gasteiger charge is -2.26. The maximum absolute atomic E-state index is 12.1. The summed E-state index contributed by atoms with van der Waals surface area (Å²) < 4.78 is 20.3. The van der Waals surface area contributed by atoms with E-state index in [4.69, 9.17) is 4.42 Å². The number of rotatable bonds is 4. The molecule has 5 heteroatoms. The fourth-order valence-corrected chi connectivity index (χ4v) is 2.47. The van der Waals surface area contributed by atoms with E-state index in [2.05, 4.69) is 4.72 Å². The maximum atomic E-state index is 12.1. The summed E-state index contributed by atoms with van der Waals surface area (Å²) in [6.07, 6.45) is 0. The zero-order valence-electron chi connectivity index (χ0n) is 11.3. The Balaban J connectivity index is 2.22. The lowest BCUT2D eigenvalue weighted by molar-refractivity contribution is 0.243. The van der Waals surface area contributed by atoms with E-state index in [1.165, 1.54) is 0 Å². The Morgan fingerprint density at radius 1 is 1.37 bits per heavy atom. The average molecular weight is 281 g/mol. The van der Waals surface area contributed by atoms with E-state index in [-0.39, 0.29) is 11.4 Å². The number of aliphatic hydroxyl groups excluding tert-OH is 1. The van der Waals surface area contributed by atoms with Gasteiger partial charge in [-0.15, -0.1) is 4.72 Å². The molecule has 4 nitrogen and oxygen atoms in total. The van der Waals surface area contributed by atoms with Crippen LogP contribution in [0.2, 0.25) is 0 Å². The Labute approximate surface area is 116 Å². The van der Waals surface area contributed by atoms with Crippen LogP contribution in [-0.4, -0.2) is 21.0 Å². The first-order valence-electron chi connectivity index (χ1n) is 6.19. The molecule has 19 heavy (non-hydrogen) atoms. The molecule has 1 heterocycles. The van der Waals surface area contributed by atoms with E-state index >= 15 is 0 Å². The molecule has 0 amide bonds. The molecule has 0 saturated carbocycles. The molecule has 1 aromatic heterocycles. The minimum atomic E-state index is -1.26. The first-order valence-corrected chi connectivity index (χ1v) is 7.34. The number of furan rings is 1. The fraction of sp³-hybridized carbons (Fsp3) is 0.429. The normalized spacial score (nSPS) is 15.6. The summed E-state index contributed by atoms with van der Waals surface area (Å²) >= 11 is -1.26. The summed E-state index contributed by atoms with van der Waals surface area (Å²) in [5.74, 6) is 0.598. The van der Waals surface area contributed by atoms with Gasteiger partial charge in [-0.3, -0.25) is 0 Å². The molecule has 0 radical (unpaired) electrons. The summed E-state index contributed by atoms with van der Waals surface area (Å²) in [7, 11) is 0. The van der Waals surface area contributed by atoms with E-state index in [0.29, 0.717) is 5.76 Å². The van der Waals surface area contributed by atoms with Gasteiger partial charge in [0.05, 0.1) is 6.61 Å². The highest BCUT2D eigenvalue weighted by Crippen LogP contribution is 2.25. The first kappa shape index (κ1) is 14.4. The Bertz CT molecular complexity index is 514. The molecular formula is C14H19NO3S. The molecule has 0 fully saturated rings. The Morgan fingerprint density at radius 3 is 2.63 bits per heavy atom. The van der Waals surface area contributed by atoms with Gasteiger partial charge in [0.2, 0.25) is 0 Å². The van der Waals surface area contributed by atoms with Crippen LogP contribution < -0.4 is 4.72 Å². The molecular weight excluding hydrogens is 262 g/mol. The molecule has 0 bridgehead atoms. The van der Waals surface area contributed by atoms with E-state index in [0.717, 1.165) is 11.0 Å².